The summed E-state index contributed by atoms with van der Waals surface area (Å²) in [6.45, 7) is 0. The van der Waals surface area contributed by atoms with Gasteiger partial charge in [0, 0.05) is 23.3 Å². The Morgan fingerprint density at radius 2 is 1.63 bits per heavy atom. The minimum absolute atomic E-state index is 1.02. The number of nitrogens with zero attached hydrogens (tertiary/aromatic N) is 2. The summed E-state index contributed by atoms with van der Waals surface area (Å²) in [6, 6.07) is 20.7. The standard InChI is InChI=1S/C17H12N2/c1-2-6-15-13(5-1)8-9-16(18-15)14-10-12-19-11-4-3-7-17(14)19/h1-12H. The quantitative estimate of drug-likeness (QED) is 0.491. The third-order valence-electron chi connectivity index (χ3n) is 3.44. The van der Waals surface area contributed by atoms with Crippen LogP contribution in [0.5, 0.6) is 0 Å². The predicted octanol–water partition coefficient (Wildman–Crippen LogP) is 4.15. The molecule has 0 radical (unpaired) electrons. The predicted molar refractivity (Wildman–Crippen MR) is 78.1 cm³/mol. The lowest BCUT2D eigenvalue weighted by Crippen LogP contribution is -1.85. The highest BCUT2D eigenvalue weighted by atomic mass is 14.9. The van der Waals surface area contributed by atoms with E-state index in [1.807, 2.05) is 18.2 Å². The zero-order chi connectivity index (χ0) is 12.7. The highest BCUT2D eigenvalue weighted by Crippen LogP contribution is 2.25. The summed E-state index contributed by atoms with van der Waals surface area (Å²) in [7, 11) is 0. The molecular formula is C17H12N2. The van der Waals surface area contributed by atoms with Crippen LogP contribution in [0.15, 0.2) is 73.1 Å². The minimum Gasteiger partial charge on any atom is -0.323 e. The van der Waals surface area contributed by atoms with Crippen LogP contribution in [0.25, 0.3) is 27.7 Å². The van der Waals surface area contributed by atoms with Gasteiger partial charge in [-0.2, -0.15) is 0 Å². The molecule has 0 saturated carbocycles. The Hall–Kier alpha value is -2.61. The van der Waals surface area contributed by atoms with Crippen molar-refractivity contribution in [1.29, 1.82) is 0 Å². The normalized spacial score (nSPS) is 11.2. The number of hydrogen-bond donors (Lipinski definition) is 0. The van der Waals surface area contributed by atoms with E-state index in [1.54, 1.807) is 0 Å². The first kappa shape index (κ1) is 10.3. The first-order chi connectivity index (χ1) is 9.42. The Balaban J connectivity index is 1.99. The molecule has 1 aromatic carbocycles. The average molecular weight is 244 g/mol. The zero-order valence-electron chi connectivity index (χ0n) is 10.3. The van der Waals surface area contributed by atoms with Crippen molar-refractivity contribution in [3.05, 3.63) is 73.1 Å². The summed E-state index contributed by atoms with van der Waals surface area (Å²) in [4.78, 5) is 4.75. The topological polar surface area (TPSA) is 17.3 Å². The number of aromatic nitrogens is 2. The van der Waals surface area contributed by atoms with Crippen LogP contribution in [0.2, 0.25) is 0 Å². The maximum absolute atomic E-state index is 4.75. The maximum Gasteiger partial charge on any atom is 0.0731 e. The molecule has 3 heterocycles. The summed E-state index contributed by atoms with van der Waals surface area (Å²) in [5.41, 5.74) is 4.42. The molecule has 0 aliphatic carbocycles. The van der Waals surface area contributed by atoms with Gasteiger partial charge in [0.05, 0.1) is 16.7 Å². The van der Waals surface area contributed by atoms with Crippen molar-refractivity contribution in [1.82, 2.24) is 9.38 Å². The van der Waals surface area contributed by atoms with E-state index in [2.05, 4.69) is 59.3 Å². The van der Waals surface area contributed by atoms with E-state index >= 15 is 0 Å². The van der Waals surface area contributed by atoms with E-state index in [4.69, 9.17) is 4.98 Å². The lowest BCUT2D eigenvalue weighted by atomic mass is 10.1. The second-order valence-corrected chi connectivity index (χ2v) is 4.61. The maximum atomic E-state index is 4.75. The van der Waals surface area contributed by atoms with Gasteiger partial charge in [0.15, 0.2) is 0 Å². The van der Waals surface area contributed by atoms with Crippen molar-refractivity contribution in [2.24, 2.45) is 0 Å². The lowest BCUT2D eigenvalue weighted by molar-refractivity contribution is 1.20. The van der Waals surface area contributed by atoms with Gasteiger partial charge in [-0.05, 0) is 30.3 Å². The number of fused-ring (bicyclic) bond motifs is 2. The minimum atomic E-state index is 1.02. The average Bonchev–Trinajstić information content (AvgIpc) is 2.91. The first-order valence-corrected chi connectivity index (χ1v) is 6.34. The fraction of sp³-hybridized carbons (Fsp3) is 0. The van der Waals surface area contributed by atoms with Crippen LogP contribution in [0.4, 0.5) is 0 Å². The largest absolute Gasteiger partial charge is 0.323 e. The zero-order valence-corrected chi connectivity index (χ0v) is 10.3. The van der Waals surface area contributed by atoms with E-state index in [1.165, 1.54) is 16.5 Å². The van der Waals surface area contributed by atoms with E-state index < -0.39 is 0 Å². The molecule has 3 aromatic heterocycles. The van der Waals surface area contributed by atoms with Crippen LogP contribution < -0.4 is 0 Å². The molecule has 0 atom stereocenters. The van der Waals surface area contributed by atoms with Gasteiger partial charge < -0.3 is 4.40 Å². The monoisotopic (exact) mass is 244 g/mol. The Bertz CT molecular complexity index is 874. The van der Waals surface area contributed by atoms with Crippen LogP contribution >= 0.6 is 0 Å². The fourth-order valence-corrected chi connectivity index (χ4v) is 2.49. The summed E-state index contributed by atoms with van der Waals surface area (Å²) < 4.78 is 2.12. The molecule has 0 unspecified atom stereocenters. The van der Waals surface area contributed by atoms with Gasteiger partial charge in [0.25, 0.3) is 0 Å². The number of para-hydroxylation sites is 1. The van der Waals surface area contributed by atoms with Gasteiger partial charge in [0.1, 0.15) is 0 Å². The third-order valence-corrected chi connectivity index (χ3v) is 3.44. The van der Waals surface area contributed by atoms with E-state index in [9.17, 15) is 0 Å². The number of hydrogen-bond acceptors (Lipinski definition) is 1. The van der Waals surface area contributed by atoms with E-state index in [-0.39, 0.29) is 0 Å². The summed E-state index contributed by atoms with van der Waals surface area (Å²) >= 11 is 0. The van der Waals surface area contributed by atoms with Gasteiger partial charge in [-0.15, -0.1) is 0 Å². The van der Waals surface area contributed by atoms with Gasteiger partial charge in [-0.1, -0.05) is 30.3 Å². The van der Waals surface area contributed by atoms with Crippen molar-refractivity contribution in [3.8, 4) is 11.3 Å². The van der Waals surface area contributed by atoms with Gasteiger partial charge in [0.2, 0.25) is 0 Å². The molecule has 2 heteroatoms. The van der Waals surface area contributed by atoms with Gasteiger partial charge >= 0.3 is 0 Å². The Morgan fingerprint density at radius 1 is 0.737 bits per heavy atom. The summed E-state index contributed by atoms with van der Waals surface area (Å²) in [6.07, 6.45) is 4.13. The van der Waals surface area contributed by atoms with Crippen molar-refractivity contribution in [3.63, 3.8) is 0 Å². The second-order valence-electron chi connectivity index (χ2n) is 4.61. The Kier molecular flexibility index (Phi) is 2.15. The highest BCUT2D eigenvalue weighted by molar-refractivity contribution is 5.85. The summed E-state index contributed by atoms with van der Waals surface area (Å²) in [5, 5.41) is 1.18. The molecule has 4 rings (SSSR count). The molecule has 4 aromatic rings. The van der Waals surface area contributed by atoms with Gasteiger partial charge in [-0.25, -0.2) is 4.98 Å². The van der Waals surface area contributed by atoms with Crippen molar-refractivity contribution < 1.29 is 0 Å². The molecule has 0 N–H and O–H groups in total. The Morgan fingerprint density at radius 3 is 2.63 bits per heavy atom. The molecular weight excluding hydrogens is 232 g/mol. The number of rotatable bonds is 1. The molecule has 0 spiro atoms. The SMILES string of the molecule is c1ccc2nc(-c3ccn4ccccc34)ccc2c1. The smallest absolute Gasteiger partial charge is 0.0731 e. The second kappa shape index (κ2) is 3.95. The molecule has 19 heavy (non-hydrogen) atoms. The van der Waals surface area contributed by atoms with Crippen LogP contribution in [0, 0.1) is 0 Å². The lowest BCUT2D eigenvalue weighted by Gasteiger charge is -2.02. The number of benzene rings is 1. The van der Waals surface area contributed by atoms with E-state index in [0.29, 0.717) is 0 Å². The first-order valence-electron chi connectivity index (χ1n) is 6.34. The summed E-state index contributed by atoms with van der Waals surface area (Å²) in [5.74, 6) is 0. The van der Waals surface area contributed by atoms with Crippen molar-refractivity contribution >= 4 is 16.4 Å². The Labute approximate surface area is 111 Å². The van der Waals surface area contributed by atoms with Crippen LogP contribution in [-0.4, -0.2) is 9.38 Å². The van der Waals surface area contributed by atoms with Crippen LogP contribution in [0.3, 0.4) is 0 Å². The van der Waals surface area contributed by atoms with Crippen LogP contribution in [0.1, 0.15) is 0 Å². The molecule has 0 bridgehead atoms. The molecule has 0 aliphatic heterocycles. The molecule has 0 fully saturated rings. The third kappa shape index (κ3) is 1.61. The molecule has 0 amide bonds. The molecule has 0 saturated heterocycles. The molecule has 90 valence electrons. The van der Waals surface area contributed by atoms with Crippen molar-refractivity contribution in [2.45, 2.75) is 0 Å². The van der Waals surface area contributed by atoms with Crippen LogP contribution in [-0.2, 0) is 0 Å². The molecule has 0 aliphatic rings. The van der Waals surface area contributed by atoms with E-state index in [0.717, 1.165) is 11.2 Å². The molecule has 2 nitrogen and oxygen atoms in total. The van der Waals surface area contributed by atoms with Crippen molar-refractivity contribution in [2.75, 3.05) is 0 Å². The van der Waals surface area contributed by atoms with Gasteiger partial charge in [-0.3, -0.25) is 0 Å². The fourth-order valence-electron chi connectivity index (χ4n) is 2.49. The number of pyridine rings is 2. The highest BCUT2D eigenvalue weighted by Gasteiger charge is 2.06.